The molecule has 15 heavy (non-hydrogen) atoms. The summed E-state index contributed by atoms with van der Waals surface area (Å²) in [5.41, 5.74) is 0. The number of carbonyl (C=O) groups excluding carboxylic acids is 1. The van der Waals surface area contributed by atoms with Crippen LogP contribution in [0.5, 0.6) is 0 Å². The fourth-order valence-corrected chi connectivity index (χ4v) is 0.636. The molecule has 0 aliphatic rings. The minimum atomic E-state index is -1.08. The van der Waals surface area contributed by atoms with Crippen LogP contribution >= 0.6 is 0 Å². The highest BCUT2D eigenvalue weighted by Crippen LogP contribution is 1.83. The van der Waals surface area contributed by atoms with Crippen LogP contribution in [0.2, 0.25) is 0 Å². The Bertz CT molecular complexity index is 191. The van der Waals surface area contributed by atoms with Crippen LogP contribution in [0, 0.1) is 0 Å². The van der Waals surface area contributed by atoms with Gasteiger partial charge in [-0.25, -0.2) is 9.59 Å². The Morgan fingerprint density at radius 1 is 1.00 bits per heavy atom. The van der Waals surface area contributed by atoms with Crippen molar-refractivity contribution < 1.29 is 34.0 Å². The maximum absolute atomic E-state index is 10.8. The second-order valence-electron chi connectivity index (χ2n) is 2.44. The molecule has 0 aromatic heterocycles. The number of hydrogen-bond donors (Lipinski definition) is 2. The number of carboxylic acid groups (broad SMARTS) is 1. The Hall–Kier alpha value is -1.18. The van der Waals surface area contributed by atoms with Gasteiger partial charge in [-0.3, -0.25) is 0 Å². The lowest BCUT2D eigenvalue weighted by Crippen LogP contribution is -2.18. The zero-order valence-corrected chi connectivity index (χ0v) is 8.18. The molecular weight excluding hydrogens is 208 g/mol. The van der Waals surface area contributed by atoms with Gasteiger partial charge in [0.15, 0.2) is 0 Å². The summed E-state index contributed by atoms with van der Waals surface area (Å²) in [7, 11) is 0. The predicted molar refractivity (Wildman–Crippen MR) is 47.3 cm³/mol. The SMILES string of the molecule is O=C(O)COCCOC(=O)COCCO. The first kappa shape index (κ1) is 13.8. The molecule has 0 rings (SSSR count). The van der Waals surface area contributed by atoms with E-state index < -0.39 is 18.5 Å². The number of ether oxygens (including phenoxy) is 3. The van der Waals surface area contributed by atoms with Gasteiger partial charge in [-0.1, -0.05) is 0 Å². The summed E-state index contributed by atoms with van der Waals surface area (Å²) in [5.74, 6) is -1.66. The molecule has 0 aromatic carbocycles. The Kier molecular flexibility index (Phi) is 8.64. The van der Waals surface area contributed by atoms with Gasteiger partial charge in [0.05, 0.1) is 19.8 Å². The Morgan fingerprint density at radius 2 is 1.67 bits per heavy atom. The summed E-state index contributed by atoms with van der Waals surface area (Å²) in [6.45, 7) is -0.732. The van der Waals surface area contributed by atoms with Crippen LogP contribution in [-0.2, 0) is 23.8 Å². The Morgan fingerprint density at radius 3 is 2.27 bits per heavy atom. The molecule has 0 aliphatic heterocycles. The number of carbonyl (C=O) groups is 2. The summed E-state index contributed by atoms with van der Waals surface area (Å²) >= 11 is 0. The number of esters is 1. The molecule has 0 radical (unpaired) electrons. The normalized spacial score (nSPS) is 9.93. The third-order valence-electron chi connectivity index (χ3n) is 1.17. The summed E-state index contributed by atoms with van der Waals surface area (Å²) in [6.07, 6.45) is 0. The minimum Gasteiger partial charge on any atom is -0.480 e. The van der Waals surface area contributed by atoms with Crippen molar-refractivity contribution in [3.8, 4) is 0 Å². The van der Waals surface area contributed by atoms with Gasteiger partial charge >= 0.3 is 11.9 Å². The maximum atomic E-state index is 10.8. The van der Waals surface area contributed by atoms with E-state index in [4.69, 9.17) is 10.2 Å². The van der Waals surface area contributed by atoms with Crippen LogP contribution in [0.4, 0.5) is 0 Å². The molecule has 0 heterocycles. The van der Waals surface area contributed by atoms with Crippen LogP contribution in [0.15, 0.2) is 0 Å². The van der Waals surface area contributed by atoms with Crippen LogP contribution in [0.25, 0.3) is 0 Å². The predicted octanol–water partition coefficient (Wildman–Crippen LogP) is -1.36. The van der Waals surface area contributed by atoms with Crippen molar-refractivity contribution in [2.24, 2.45) is 0 Å². The van der Waals surface area contributed by atoms with Crippen molar-refractivity contribution in [3.63, 3.8) is 0 Å². The van der Waals surface area contributed by atoms with E-state index in [1.165, 1.54) is 0 Å². The van der Waals surface area contributed by atoms with Gasteiger partial charge in [-0.2, -0.15) is 0 Å². The topological polar surface area (TPSA) is 102 Å². The van der Waals surface area contributed by atoms with Crippen molar-refractivity contribution in [1.29, 1.82) is 0 Å². The van der Waals surface area contributed by atoms with Gasteiger partial charge in [-0.15, -0.1) is 0 Å². The van der Waals surface area contributed by atoms with Gasteiger partial charge in [0.1, 0.15) is 19.8 Å². The second-order valence-corrected chi connectivity index (χ2v) is 2.44. The van der Waals surface area contributed by atoms with Crippen LogP contribution in [0.3, 0.4) is 0 Å². The van der Waals surface area contributed by atoms with E-state index in [-0.39, 0.29) is 33.0 Å². The molecule has 0 unspecified atom stereocenters. The van der Waals surface area contributed by atoms with Gasteiger partial charge in [0.25, 0.3) is 0 Å². The van der Waals surface area contributed by atoms with Gasteiger partial charge < -0.3 is 24.4 Å². The Balaban J connectivity index is 3.20. The number of aliphatic carboxylic acids is 1. The van der Waals surface area contributed by atoms with E-state index >= 15 is 0 Å². The summed E-state index contributed by atoms with van der Waals surface area (Å²) < 4.78 is 13.9. The van der Waals surface area contributed by atoms with Crippen molar-refractivity contribution in [2.45, 2.75) is 0 Å². The average molecular weight is 222 g/mol. The highest BCUT2D eigenvalue weighted by Gasteiger charge is 2.02. The van der Waals surface area contributed by atoms with E-state index in [2.05, 4.69) is 14.2 Å². The number of carboxylic acids is 1. The van der Waals surface area contributed by atoms with E-state index in [9.17, 15) is 9.59 Å². The zero-order chi connectivity index (χ0) is 11.5. The molecule has 0 fully saturated rings. The third kappa shape index (κ3) is 10.7. The summed E-state index contributed by atoms with van der Waals surface area (Å²) in [4.78, 5) is 20.8. The fourth-order valence-electron chi connectivity index (χ4n) is 0.636. The van der Waals surface area contributed by atoms with Crippen molar-refractivity contribution >= 4 is 11.9 Å². The zero-order valence-electron chi connectivity index (χ0n) is 8.18. The Labute approximate surface area is 86.5 Å². The molecular formula is C8H14O7. The molecule has 0 amide bonds. The fraction of sp³-hybridized carbons (Fsp3) is 0.750. The van der Waals surface area contributed by atoms with E-state index in [1.54, 1.807) is 0 Å². The molecule has 2 N–H and O–H groups in total. The lowest BCUT2D eigenvalue weighted by molar-refractivity contribution is -0.151. The smallest absolute Gasteiger partial charge is 0.332 e. The van der Waals surface area contributed by atoms with E-state index in [1.807, 2.05) is 0 Å². The first-order valence-corrected chi connectivity index (χ1v) is 4.30. The first-order chi connectivity index (χ1) is 7.16. The van der Waals surface area contributed by atoms with E-state index in [0.717, 1.165) is 0 Å². The minimum absolute atomic E-state index is 0.0192. The van der Waals surface area contributed by atoms with Crippen molar-refractivity contribution in [2.75, 3.05) is 39.6 Å². The average Bonchev–Trinajstić information content (AvgIpc) is 2.17. The van der Waals surface area contributed by atoms with Crippen molar-refractivity contribution in [3.05, 3.63) is 0 Å². The quantitative estimate of drug-likeness (QED) is 0.367. The molecule has 7 heteroatoms. The standard InChI is InChI=1S/C8H14O7/c9-1-2-13-6-8(12)15-4-3-14-5-7(10)11/h9H,1-6H2,(H,10,11). The maximum Gasteiger partial charge on any atom is 0.332 e. The molecule has 0 bridgehead atoms. The molecule has 7 nitrogen and oxygen atoms in total. The number of rotatable bonds is 9. The van der Waals surface area contributed by atoms with Crippen molar-refractivity contribution in [1.82, 2.24) is 0 Å². The number of aliphatic hydroxyl groups excluding tert-OH is 1. The lowest BCUT2D eigenvalue weighted by Gasteiger charge is -2.04. The first-order valence-electron chi connectivity index (χ1n) is 4.30. The van der Waals surface area contributed by atoms with Crippen LogP contribution in [-0.4, -0.2) is 61.8 Å². The largest absolute Gasteiger partial charge is 0.480 e. The number of aliphatic hydroxyl groups is 1. The summed E-state index contributed by atoms with van der Waals surface area (Å²) in [6, 6.07) is 0. The molecule has 0 aromatic rings. The molecule has 0 aliphatic carbocycles. The van der Waals surface area contributed by atoms with Crippen LogP contribution in [0.1, 0.15) is 0 Å². The highest BCUT2D eigenvalue weighted by molar-refractivity contribution is 5.70. The molecule has 0 saturated carbocycles. The van der Waals surface area contributed by atoms with Gasteiger partial charge in [0.2, 0.25) is 0 Å². The van der Waals surface area contributed by atoms with Crippen LogP contribution < -0.4 is 0 Å². The molecule has 0 atom stereocenters. The lowest BCUT2D eigenvalue weighted by atomic mass is 10.6. The molecule has 0 saturated heterocycles. The highest BCUT2D eigenvalue weighted by atomic mass is 16.6. The number of hydrogen-bond acceptors (Lipinski definition) is 6. The second kappa shape index (κ2) is 9.38. The molecule has 88 valence electrons. The monoisotopic (exact) mass is 222 g/mol. The molecule has 0 spiro atoms. The van der Waals surface area contributed by atoms with Gasteiger partial charge in [0, 0.05) is 0 Å². The van der Waals surface area contributed by atoms with Gasteiger partial charge in [-0.05, 0) is 0 Å². The van der Waals surface area contributed by atoms with E-state index in [0.29, 0.717) is 0 Å². The third-order valence-corrected chi connectivity index (χ3v) is 1.17. The summed E-state index contributed by atoms with van der Waals surface area (Å²) in [5, 5.41) is 16.5.